The van der Waals surface area contributed by atoms with Crippen LogP contribution in [-0.2, 0) is 4.74 Å². The Morgan fingerprint density at radius 3 is 2.77 bits per heavy atom. The standard InChI is InChI=1S/C10H22N2O/c1-10(2,13-4)7-9-8-11-5-6-12(9)3/h9,11H,5-8H2,1-4H3. The van der Waals surface area contributed by atoms with E-state index >= 15 is 0 Å². The van der Waals surface area contributed by atoms with Crippen LogP contribution in [0.2, 0.25) is 0 Å². The number of ether oxygens (including phenoxy) is 1. The maximum absolute atomic E-state index is 5.43. The Bertz CT molecular complexity index is 159. The maximum atomic E-state index is 5.43. The molecule has 1 fully saturated rings. The minimum atomic E-state index is -0.00204. The Labute approximate surface area is 81.4 Å². The summed E-state index contributed by atoms with van der Waals surface area (Å²) < 4.78 is 5.43. The van der Waals surface area contributed by atoms with Gasteiger partial charge in [0.25, 0.3) is 0 Å². The minimum absolute atomic E-state index is 0.00204. The van der Waals surface area contributed by atoms with Crippen LogP contribution < -0.4 is 5.32 Å². The monoisotopic (exact) mass is 186 g/mol. The highest BCUT2D eigenvalue weighted by Crippen LogP contribution is 2.18. The van der Waals surface area contributed by atoms with Gasteiger partial charge in [-0.2, -0.15) is 0 Å². The molecule has 13 heavy (non-hydrogen) atoms. The van der Waals surface area contributed by atoms with E-state index in [0.29, 0.717) is 6.04 Å². The SMILES string of the molecule is COC(C)(C)CC1CNCCN1C. The number of piperazine rings is 1. The topological polar surface area (TPSA) is 24.5 Å². The second kappa shape index (κ2) is 4.40. The molecule has 3 heteroatoms. The average molecular weight is 186 g/mol. The fraction of sp³-hybridized carbons (Fsp3) is 1.00. The van der Waals surface area contributed by atoms with Crippen molar-refractivity contribution < 1.29 is 4.74 Å². The van der Waals surface area contributed by atoms with Crippen molar-refractivity contribution >= 4 is 0 Å². The normalized spacial score (nSPS) is 26.3. The molecule has 78 valence electrons. The van der Waals surface area contributed by atoms with Gasteiger partial charge in [-0.25, -0.2) is 0 Å². The molecule has 1 aliphatic heterocycles. The number of nitrogens with one attached hydrogen (secondary N) is 1. The molecule has 3 nitrogen and oxygen atoms in total. The van der Waals surface area contributed by atoms with Gasteiger partial charge in [-0.05, 0) is 27.3 Å². The number of rotatable bonds is 3. The Balaban J connectivity index is 2.42. The number of hydrogen-bond donors (Lipinski definition) is 1. The molecule has 0 aromatic carbocycles. The lowest BCUT2D eigenvalue weighted by atomic mass is 9.97. The van der Waals surface area contributed by atoms with E-state index in [0.717, 1.165) is 26.1 Å². The molecule has 0 bridgehead atoms. The Morgan fingerprint density at radius 1 is 1.54 bits per heavy atom. The van der Waals surface area contributed by atoms with E-state index in [1.54, 1.807) is 7.11 Å². The van der Waals surface area contributed by atoms with Gasteiger partial charge in [0.05, 0.1) is 5.60 Å². The van der Waals surface area contributed by atoms with Crippen LogP contribution >= 0.6 is 0 Å². The van der Waals surface area contributed by atoms with Gasteiger partial charge in [0.1, 0.15) is 0 Å². The predicted octanol–water partition coefficient (Wildman–Crippen LogP) is 0.705. The van der Waals surface area contributed by atoms with Crippen molar-refractivity contribution in [1.82, 2.24) is 10.2 Å². The lowest BCUT2D eigenvalue weighted by Crippen LogP contribution is -2.51. The first kappa shape index (κ1) is 11.0. The lowest BCUT2D eigenvalue weighted by molar-refractivity contribution is -0.00881. The van der Waals surface area contributed by atoms with E-state index < -0.39 is 0 Å². The maximum Gasteiger partial charge on any atom is 0.0638 e. The van der Waals surface area contributed by atoms with Crippen molar-refractivity contribution in [3.05, 3.63) is 0 Å². The fourth-order valence-corrected chi connectivity index (χ4v) is 1.74. The largest absolute Gasteiger partial charge is 0.379 e. The zero-order chi connectivity index (χ0) is 9.90. The van der Waals surface area contributed by atoms with Gasteiger partial charge in [-0.3, -0.25) is 0 Å². The van der Waals surface area contributed by atoms with Crippen LogP contribution in [0.4, 0.5) is 0 Å². The third kappa shape index (κ3) is 3.25. The van der Waals surface area contributed by atoms with Gasteiger partial charge in [0, 0.05) is 32.8 Å². The van der Waals surface area contributed by atoms with Crippen molar-refractivity contribution in [3.8, 4) is 0 Å². The van der Waals surface area contributed by atoms with E-state index in [1.165, 1.54) is 0 Å². The number of methoxy groups -OCH3 is 1. The fourth-order valence-electron chi connectivity index (χ4n) is 1.74. The quantitative estimate of drug-likeness (QED) is 0.702. The van der Waals surface area contributed by atoms with Gasteiger partial charge >= 0.3 is 0 Å². The number of nitrogens with zero attached hydrogens (tertiary/aromatic N) is 1. The number of likely N-dealkylation sites (N-methyl/N-ethyl adjacent to an activating group) is 1. The van der Waals surface area contributed by atoms with Crippen molar-refractivity contribution in [1.29, 1.82) is 0 Å². The molecular weight excluding hydrogens is 164 g/mol. The summed E-state index contributed by atoms with van der Waals surface area (Å²) in [6.45, 7) is 7.64. The third-order valence-corrected chi connectivity index (χ3v) is 2.92. The van der Waals surface area contributed by atoms with Crippen LogP contribution in [0.3, 0.4) is 0 Å². The molecule has 1 rings (SSSR count). The van der Waals surface area contributed by atoms with Crippen LogP contribution in [-0.4, -0.2) is 50.3 Å². The zero-order valence-corrected chi connectivity index (χ0v) is 9.26. The molecule has 1 unspecified atom stereocenters. The number of hydrogen-bond acceptors (Lipinski definition) is 3. The zero-order valence-electron chi connectivity index (χ0n) is 9.26. The van der Waals surface area contributed by atoms with Gasteiger partial charge < -0.3 is 15.0 Å². The van der Waals surface area contributed by atoms with Crippen LogP contribution in [0.5, 0.6) is 0 Å². The highest BCUT2D eigenvalue weighted by molar-refractivity contribution is 4.83. The summed E-state index contributed by atoms with van der Waals surface area (Å²) in [7, 11) is 3.98. The van der Waals surface area contributed by atoms with Crippen LogP contribution in [0.25, 0.3) is 0 Å². The summed E-state index contributed by atoms with van der Waals surface area (Å²) in [6.07, 6.45) is 1.09. The smallest absolute Gasteiger partial charge is 0.0638 e. The second-order valence-electron chi connectivity index (χ2n) is 4.51. The van der Waals surface area contributed by atoms with E-state index in [-0.39, 0.29) is 5.60 Å². The molecule has 1 aliphatic rings. The minimum Gasteiger partial charge on any atom is -0.379 e. The molecular formula is C10H22N2O. The van der Waals surface area contributed by atoms with Gasteiger partial charge in [-0.15, -0.1) is 0 Å². The second-order valence-corrected chi connectivity index (χ2v) is 4.51. The summed E-state index contributed by atoms with van der Waals surface area (Å²) in [5.41, 5.74) is -0.00204. The van der Waals surface area contributed by atoms with Crippen molar-refractivity contribution in [2.75, 3.05) is 33.8 Å². The summed E-state index contributed by atoms with van der Waals surface area (Å²) >= 11 is 0. The van der Waals surface area contributed by atoms with Crippen LogP contribution in [0, 0.1) is 0 Å². The average Bonchev–Trinajstić information content (AvgIpc) is 2.09. The summed E-state index contributed by atoms with van der Waals surface area (Å²) in [6, 6.07) is 0.615. The third-order valence-electron chi connectivity index (χ3n) is 2.92. The molecule has 1 N–H and O–H groups in total. The summed E-state index contributed by atoms with van der Waals surface area (Å²) in [5.74, 6) is 0. The van der Waals surface area contributed by atoms with Crippen LogP contribution in [0.15, 0.2) is 0 Å². The van der Waals surface area contributed by atoms with E-state index in [4.69, 9.17) is 4.74 Å². The first-order chi connectivity index (χ1) is 6.05. The van der Waals surface area contributed by atoms with Crippen LogP contribution in [0.1, 0.15) is 20.3 Å². The molecule has 0 amide bonds. The van der Waals surface area contributed by atoms with Gasteiger partial charge in [0.15, 0.2) is 0 Å². The highest BCUT2D eigenvalue weighted by Gasteiger charge is 2.26. The Morgan fingerprint density at radius 2 is 2.23 bits per heavy atom. The predicted molar refractivity (Wildman–Crippen MR) is 55.0 cm³/mol. The Kier molecular flexibility index (Phi) is 3.71. The molecule has 0 aliphatic carbocycles. The summed E-state index contributed by atoms with van der Waals surface area (Å²) in [4.78, 5) is 2.41. The van der Waals surface area contributed by atoms with Crippen molar-refractivity contribution in [3.63, 3.8) is 0 Å². The van der Waals surface area contributed by atoms with Gasteiger partial charge in [0.2, 0.25) is 0 Å². The Hall–Kier alpha value is -0.120. The molecule has 0 radical (unpaired) electrons. The van der Waals surface area contributed by atoms with Gasteiger partial charge in [-0.1, -0.05) is 0 Å². The molecule has 0 saturated carbocycles. The molecule has 0 aromatic heterocycles. The molecule has 0 spiro atoms. The highest BCUT2D eigenvalue weighted by atomic mass is 16.5. The molecule has 1 heterocycles. The lowest BCUT2D eigenvalue weighted by Gasteiger charge is -2.37. The molecule has 1 atom stereocenters. The van der Waals surface area contributed by atoms with Crippen molar-refractivity contribution in [2.45, 2.75) is 31.9 Å². The van der Waals surface area contributed by atoms with E-state index in [1.807, 2.05) is 0 Å². The summed E-state index contributed by atoms with van der Waals surface area (Å²) in [5, 5.41) is 3.41. The van der Waals surface area contributed by atoms with Crippen molar-refractivity contribution in [2.24, 2.45) is 0 Å². The molecule has 0 aromatic rings. The van der Waals surface area contributed by atoms with E-state index in [2.05, 4.69) is 31.1 Å². The first-order valence-corrected chi connectivity index (χ1v) is 5.01. The molecule has 1 saturated heterocycles. The first-order valence-electron chi connectivity index (χ1n) is 5.01. The van der Waals surface area contributed by atoms with E-state index in [9.17, 15) is 0 Å².